The molecule has 2 nitrogen and oxygen atoms in total. The number of anilines is 2. The Kier molecular flexibility index (Phi) is 3.94. The molecule has 1 aromatic heterocycles. The standard InChI is InChI=1S/C25H24FNO/c1-25(15-3-4-16-25)21-9-5-7-19-20-8-6-10-22(24(20)28-23(19)21)27(2)18-13-11-17(26)12-14-18/h5-14H,3-4,15-16H2,1-2H3. The van der Waals surface area contributed by atoms with Crippen LogP contribution in [-0.2, 0) is 5.41 Å². The Hall–Kier alpha value is -2.81. The van der Waals surface area contributed by atoms with E-state index in [-0.39, 0.29) is 11.2 Å². The van der Waals surface area contributed by atoms with Crippen molar-refractivity contribution in [1.29, 1.82) is 0 Å². The number of halogens is 1. The highest BCUT2D eigenvalue weighted by Gasteiger charge is 2.33. The summed E-state index contributed by atoms with van der Waals surface area (Å²) in [5.74, 6) is -0.228. The summed E-state index contributed by atoms with van der Waals surface area (Å²) in [7, 11) is 1.99. The van der Waals surface area contributed by atoms with Crippen LogP contribution >= 0.6 is 0 Å². The van der Waals surface area contributed by atoms with E-state index in [4.69, 9.17) is 4.42 Å². The van der Waals surface area contributed by atoms with E-state index in [1.54, 1.807) is 12.1 Å². The molecule has 0 spiro atoms. The lowest BCUT2D eigenvalue weighted by Crippen LogP contribution is -2.16. The molecule has 0 amide bonds. The van der Waals surface area contributed by atoms with Gasteiger partial charge in [0.05, 0.1) is 5.69 Å². The Bertz CT molecular complexity index is 1150. The van der Waals surface area contributed by atoms with Crippen LogP contribution in [0.4, 0.5) is 15.8 Å². The lowest BCUT2D eigenvalue weighted by molar-refractivity contribution is 0.486. The van der Waals surface area contributed by atoms with Gasteiger partial charge in [-0.3, -0.25) is 0 Å². The number of para-hydroxylation sites is 2. The van der Waals surface area contributed by atoms with Crippen molar-refractivity contribution >= 4 is 33.3 Å². The van der Waals surface area contributed by atoms with Crippen LogP contribution in [0.5, 0.6) is 0 Å². The minimum atomic E-state index is -0.228. The van der Waals surface area contributed by atoms with Gasteiger partial charge in [-0.2, -0.15) is 0 Å². The molecule has 5 rings (SSSR count). The third kappa shape index (κ3) is 2.61. The summed E-state index contributed by atoms with van der Waals surface area (Å²) in [6, 6.07) is 19.4. The van der Waals surface area contributed by atoms with Gasteiger partial charge in [0.2, 0.25) is 0 Å². The van der Waals surface area contributed by atoms with E-state index in [9.17, 15) is 4.39 Å². The fourth-order valence-corrected chi connectivity index (χ4v) is 4.77. The van der Waals surface area contributed by atoms with Gasteiger partial charge in [0, 0.05) is 29.1 Å². The van der Waals surface area contributed by atoms with E-state index >= 15 is 0 Å². The summed E-state index contributed by atoms with van der Waals surface area (Å²) in [5, 5.41) is 2.31. The molecule has 0 atom stereocenters. The van der Waals surface area contributed by atoms with E-state index in [1.807, 2.05) is 7.05 Å². The molecule has 0 N–H and O–H groups in total. The molecule has 142 valence electrons. The highest BCUT2D eigenvalue weighted by molar-refractivity contribution is 6.10. The third-order valence-electron chi connectivity index (χ3n) is 6.44. The summed E-state index contributed by atoms with van der Waals surface area (Å²) in [5.41, 5.74) is 5.34. The minimum absolute atomic E-state index is 0.191. The summed E-state index contributed by atoms with van der Waals surface area (Å²) >= 11 is 0. The van der Waals surface area contributed by atoms with Gasteiger partial charge < -0.3 is 9.32 Å². The molecule has 1 saturated carbocycles. The van der Waals surface area contributed by atoms with Crippen molar-refractivity contribution in [1.82, 2.24) is 0 Å². The van der Waals surface area contributed by atoms with Crippen LogP contribution in [0, 0.1) is 5.82 Å². The second-order valence-electron chi connectivity index (χ2n) is 8.24. The van der Waals surface area contributed by atoms with Crippen LogP contribution in [0.1, 0.15) is 38.2 Å². The van der Waals surface area contributed by atoms with Crippen molar-refractivity contribution in [2.24, 2.45) is 0 Å². The van der Waals surface area contributed by atoms with E-state index in [2.05, 4.69) is 48.2 Å². The van der Waals surface area contributed by atoms with Crippen LogP contribution < -0.4 is 4.90 Å². The predicted molar refractivity (Wildman–Crippen MR) is 114 cm³/mol. The predicted octanol–water partition coefficient (Wildman–Crippen LogP) is 7.32. The molecular formula is C25H24FNO. The van der Waals surface area contributed by atoms with Crippen molar-refractivity contribution in [3.63, 3.8) is 0 Å². The van der Waals surface area contributed by atoms with Crippen LogP contribution in [0.2, 0.25) is 0 Å². The molecule has 3 aromatic carbocycles. The maximum atomic E-state index is 13.3. The summed E-state index contributed by atoms with van der Waals surface area (Å²) < 4.78 is 19.9. The fourth-order valence-electron chi connectivity index (χ4n) is 4.77. The summed E-state index contributed by atoms with van der Waals surface area (Å²) in [4.78, 5) is 2.06. The molecule has 1 fully saturated rings. The second-order valence-corrected chi connectivity index (χ2v) is 8.24. The number of hydrogen-bond donors (Lipinski definition) is 0. The molecular weight excluding hydrogens is 349 g/mol. The molecule has 1 aliphatic rings. The number of furan rings is 1. The maximum absolute atomic E-state index is 13.3. The third-order valence-corrected chi connectivity index (χ3v) is 6.44. The molecule has 0 saturated heterocycles. The monoisotopic (exact) mass is 373 g/mol. The van der Waals surface area contributed by atoms with Crippen molar-refractivity contribution in [2.75, 3.05) is 11.9 Å². The molecule has 0 aliphatic heterocycles. The molecule has 3 heteroatoms. The quantitative estimate of drug-likeness (QED) is 0.374. The highest BCUT2D eigenvalue weighted by atomic mass is 19.1. The first kappa shape index (κ1) is 17.3. The van der Waals surface area contributed by atoms with Gasteiger partial charge in [-0.05, 0) is 48.6 Å². The number of rotatable bonds is 3. The number of hydrogen-bond acceptors (Lipinski definition) is 2. The first-order chi connectivity index (χ1) is 13.6. The maximum Gasteiger partial charge on any atom is 0.159 e. The molecule has 0 bridgehead atoms. The zero-order chi connectivity index (χ0) is 19.3. The number of nitrogens with zero attached hydrogens (tertiary/aromatic N) is 1. The largest absolute Gasteiger partial charge is 0.454 e. The van der Waals surface area contributed by atoms with Crippen molar-refractivity contribution in [2.45, 2.75) is 38.0 Å². The van der Waals surface area contributed by atoms with E-state index in [0.29, 0.717) is 0 Å². The fraction of sp³-hybridized carbons (Fsp3) is 0.280. The molecule has 0 radical (unpaired) electrons. The SMILES string of the molecule is CN(c1ccc(F)cc1)c1cccc2c1oc1c(C3(C)CCCC3)cccc12. The highest BCUT2D eigenvalue weighted by Crippen LogP contribution is 2.46. The first-order valence-electron chi connectivity index (χ1n) is 10.0. The van der Waals surface area contributed by atoms with Crippen LogP contribution in [0.3, 0.4) is 0 Å². The average Bonchev–Trinajstić information content (AvgIpc) is 3.32. The lowest BCUT2D eigenvalue weighted by Gasteiger charge is -2.24. The zero-order valence-electron chi connectivity index (χ0n) is 16.3. The minimum Gasteiger partial charge on any atom is -0.454 e. The smallest absolute Gasteiger partial charge is 0.159 e. The van der Waals surface area contributed by atoms with Gasteiger partial charge in [-0.15, -0.1) is 0 Å². The van der Waals surface area contributed by atoms with Gasteiger partial charge >= 0.3 is 0 Å². The van der Waals surface area contributed by atoms with Crippen LogP contribution in [0.25, 0.3) is 21.9 Å². The molecule has 28 heavy (non-hydrogen) atoms. The van der Waals surface area contributed by atoms with Crippen molar-refractivity contribution in [3.8, 4) is 0 Å². The molecule has 1 heterocycles. The van der Waals surface area contributed by atoms with Crippen molar-refractivity contribution < 1.29 is 8.81 Å². The molecule has 1 aliphatic carbocycles. The summed E-state index contributed by atoms with van der Waals surface area (Å²) in [6.45, 7) is 2.37. The van der Waals surface area contributed by atoms with E-state index in [0.717, 1.165) is 27.9 Å². The van der Waals surface area contributed by atoms with E-state index in [1.165, 1.54) is 48.8 Å². The Labute approximate surface area is 164 Å². The molecule has 4 aromatic rings. The normalized spacial score (nSPS) is 16.1. The molecule has 0 unspecified atom stereocenters. The Morgan fingerprint density at radius 2 is 1.50 bits per heavy atom. The van der Waals surface area contributed by atoms with Crippen molar-refractivity contribution in [3.05, 3.63) is 72.0 Å². The first-order valence-corrected chi connectivity index (χ1v) is 10.0. The Morgan fingerprint density at radius 3 is 2.21 bits per heavy atom. The lowest BCUT2D eigenvalue weighted by atomic mass is 9.80. The topological polar surface area (TPSA) is 16.4 Å². The van der Waals surface area contributed by atoms with Gasteiger partial charge in [-0.25, -0.2) is 4.39 Å². The summed E-state index contributed by atoms with van der Waals surface area (Å²) in [6.07, 6.45) is 4.99. The van der Waals surface area contributed by atoms with Crippen LogP contribution in [-0.4, -0.2) is 7.05 Å². The Balaban J connectivity index is 1.71. The number of fused-ring (bicyclic) bond motifs is 3. The van der Waals surface area contributed by atoms with Gasteiger partial charge in [0.1, 0.15) is 11.4 Å². The average molecular weight is 373 g/mol. The zero-order valence-corrected chi connectivity index (χ0v) is 16.3. The van der Waals surface area contributed by atoms with Gasteiger partial charge in [0.15, 0.2) is 5.58 Å². The van der Waals surface area contributed by atoms with Gasteiger partial charge in [-0.1, -0.05) is 50.1 Å². The van der Waals surface area contributed by atoms with Crippen LogP contribution in [0.15, 0.2) is 65.1 Å². The second kappa shape index (κ2) is 6.37. The van der Waals surface area contributed by atoms with Gasteiger partial charge in [0.25, 0.3) is 0 Å². The Morgan fingerprint density at radius 1 is 0.857 bits per heavy atom. The van der Waals surface area contributed by atoms with E-state index < -0.39 is 0 Å². The number of benzene rings is 3.